The Morgan fingerprint density at radius 1 is 1.16 bits per heavy atom. The number of hydrogen-bond acceptors (Lipinski definition) is 7. The van der Waals surface area contributed by atoms with E-state index < -0.39 is 24.3 Å². The van der Waals surface area contributed by atoms with Gasteiger partial charge in [-0.25, -0.2) is 14.8 Å². The molecule has 0 saturated carbocycles. The van der Waals surface area contributed by atoms with Crippen molar-refractivity contribution in [3.63, 3.8) is 0 Å². The number of allylic oxidation sites excluding steroid dienone is 1. The van der Waals surface area contributed by atoms with E-state index in [2.05, 4.69) is 4.98 Å². The number of thiazole rings is 1. The molecule has 0 N–H and O–H groups in total. The van der Waals surface area contributed by atoms with Gasteiger partial charge in [-0.15, -0.1) is 11.3 Å². The largest absolute Gasteiger partial charge is 0.454 e. The fourth-order valence-corrected chi connectivity index (χ4v) is 5.74. The Bertz CT molecular complexity index is 1650. The molecule has 4 aromatic rings. The number of ketones is 1. The standard InChI is InChI=1S/C29H21Cl2N3O3S/c1-16-15-38-28(33-16)21(13-32)25(35)14-37-29(36)26-19-6-2-3-8-24(19)34-27-18(5-4-7-20(26)27)11-17-9-10-22(30)23(31)12-17/h2-3,6,8-12,15,21H,4-5,7,14H2,1H3/b18-11-/t21-/m0/s1. The van der Waals surface area contributed by atoms with E-state index in [9.17, 15) is 14.9 Å². The number of fused-ring (bicyclic) bond motifs is 2. The number of carbonyl (C=O) groups excluding carboxylic acids is 2. The molecule has 9 heteroatoms. The molecule has 0 amide bonds. The zero-order valence-corrected chi connectivity index (χ0v) is 22.7. The first-order valence-electron chi connectivity index (χ1n) is 11.9. The fourth-order valence-electron chi connectivity index (χ4n) is 4.57. The van der Waals surface area contributed by atoms with Crippen molar-refractivity contribution < 1.29 is 14.3 Å². The van der Waals surface area contributed by atoms with Gasteiger partial charge in [0.25, 0.3) is 0 Å². The number of benzene rings is 2. The Kier molecular flexibility index (Phi) is 7.57. The summed E-state index contributed by atoms with van der Waals surface area (Å²) in [6, 6.07) is 14.8. The number of carbonyl (C=O) groups is 2. The van der Waals surface area contributed by atoms with Crippen LogP contribution in [0.2, 0.25) is 10.0 Å². The third-order valence-corrected chi connectivity index (χ3v) is 8.11. The smallest absolute Gasteiger partial charge is 0.339 e. The highest BCUT2D eigenvalue weighted by molar-refractivity contribution is 7.09. The van der Waals surface area contributed by atoms with Crippen LogP contribution >= 0.6 is 34.5 Å². The van der Waals surface area contributed by atoms with Crippen LogP contribution in [0.25, 0.3) is 22.6 Å². The van der Waals surface area contributed by atoms with Gasteiger partial charge in [-0.05, 0) is 67.2 Å². The molecule has 0 aliphatic heterocycles. The maximum absolute atomic E-state index is 13.5. The van der Waals surface area contributed by atoms with Gasteiger partial charge < -0.3 is 4.74 Å². The van der Waals surface area contributed by atoms with Crippen molar-refractivity contribution in [2.75, 3.05) is 6.61 Å². The molecule has 38 heavy (non-hydrogen) atoms. The molecule has 190 valence electrons. The van der Waals surface area contributed by atoms with Crippen LogP contribution in [0.1, 0.15) is 56.6 Å². The molecule has 2 heterocycles. The number of hydrogen-bond donors (Lipinski definition) is 0. The van der Waals surface area contributed by atoms with E-state index in [0.29, 0.717) is 37.9 Å². The lowest BCUT2D eigenvalue weighted by Crippen LogP contribution is -2.21. The normalized spacial score (nSPS) is 14.6. The molecule has 0 spiro atoms. The van der Waals surface area contributed by atoms with E-state index in [0.717, 1.165) is 40.9 Å². The van der Waals surface area contributed by atoms with Crippen molar-refractivity contribution in [2.24, 2.45) is 0 Å². The number of rotatable bonds is 6. The number of esters is 1. The van der Waals surface area contributed by atoms with Crippen LogP contribution in [0.3, 0.4) is 0 Å². The second-order valence-corrected chi connectivity index (χ2v) is 10.7. The van der Waals surface area contributed by atoms with Crippen molar-refractivity contribution in [1.29, 1.82) is 5.26 Å². The Hall–Kier alpha value is -3.57. The van der Waals surface area contributed by atoms with Crippen LogP contribution in [0.15, 0.2) is 47.8 Å². The van der Waals surface area contributed by atoms with Crippen LogP contribution < -0.4 is 0 Å². The second kappa shape index (κ2) is 11.0. The lowest BCUT2D eigenvalue weighted by Gasteiger charge is -2.22. The topological polar surface area (TPSA) is 92.9 Å². The number of nitriles is 1. The summed E-state index contributed by atoms with van der Waals surface area (Å²) in [6.45, 7) is 1.27. The van der Waals surface area contributed by atoms with Crippen molar-refractivity contribution in [2.45, 2.75) is 32.1 Å². The lowest BCUT2D eigenvalue weighted by atomic mass is 9.86. The van der Waals surface area contributed by atoms with Crippen LogP contribution in [0.5, 0.6) is 0 Å². The Balaban J connectivity index is 1.50. The molecule has 0 fully saturated rings. The van der Waals surface area contributed by atoms with E-state index in [1.165, 1.54) is 11.3 Å². The summed E-state index contributed by atoms with van der Waals surface area (Å²) >= 11 is 13.5. The zero-order chi connectivity index (χ0) is 26.8. The van der Waals surface area contributed by atoms with Gasteiger partial charge in [-0.1, -0.05) is 47.5 Å². The Morgan fingerprint density at radius 3 is 2.71 bits per heavy atom. The average molecular weight is 562 g/mol. The highest BCUT2D eigenvalue weighted by Gasteiger charge is 2.28. The van der Waals surface area contributed by atoms with E-state index in [1.807, 2.05) is 42.5 Å². The number of aromatic nitrogens is 2. The van der Waals surface area contributed by atoms with Crippen LogP contribution in [-0.4, -0.2) is 28.3 Å². The Labute approximate surface area is 233 Å². The molecule has 1 atom stereocenters. The van der Waals surface area contributed by atoms with Gasteiger partial charge in [-0.3, -0.25) is 4.79 Å². The van der Waals surface area contributed by atoms with Gasteiger partial charge in [0.1, 0.15) is 5.01 Å². The van der Waals surface area contributed by atoms with Crippen LogP contribution in [0, 0.1) is 18.3 Å². The molecular weight excluding hydrogens is 541 g/mol. The molecule has 2 aromatic heterocycles. The van der Waals surface area contributed by atoms with Crippen LogP contribution in [-0.2, 0) is 16.0 Å². The first kappa shape index (κ1) is 26.1. The number of halogens is 2. The minimum Gasteiger partial charge on any atom is -0.454 e. The third kappa shape index (κ3) is 5.21. The summed E-state index contributed by atoms with van der Waals surface area (Å²) in [5, 5.41) is 13.3. The minimum atomic E-state index is -1.08. The van der Waals surface area contributed by atoms with Gasteiger partial charge >= 0.3 is 5.97 Å². The van der Waals surface area contributed by atoms with Crippen molar-refractivity contribution in [3.05, 3.63) is 91.0 Å². The van der Waals surface area contributed by atoms with E-state index in [1.54, 1.807) is 24.4 Å². The van der Waals surface area contributed by atoms with Gasteiger partial charge in [0, 0.05) is 16.5 Å². The molecule has 6 nitrogen and oxygen atoms in total. The predicted octanol–water partition coefficient (Wildman–Crippen LogP) is 7.22. The monoisotopic (exact) mass is 561 g/mol. The highest BCUT2D eigenvalue weighted by Crippen LogP contribution is 2.37. The zero-order valence-electron chi connectivity index (χ0n) is 20.3. The summed E-state index contributed by atoms with van der Waals surface area (Å²) in [5.41, 5.74) is 5.15. The summed E-state index contributed by atoms with van der Waals surface area (Å²) in [6.07, 6.45) is 4.25. The van der Waals surface area contributed by atoms with Crippen molar-refractivity contribution >= 4 is 68.8 Å². The number of para-hydroxylation sites is 1. The molecule has 1 aliphatic carbocycles. The SMILES string of the molecule is Cc1csc([C@@H](C#N)C(=O)COC(=O)c2c3c(nc4ccccc24)/C(=C\c2ccc(Cl)c(Cl)c2)CCC3)n1. The van der Waals surface area contributed by atoms with Crippen molar-refractivity contribution in [3.8, 4) is 6.07 Å². The number of aryl methyl sites for hydroxylation is 1. The van der Waals surface area contributed by atoms with Crippen molar-refractivity contribution in [1.82, 2.24) is 9.97 Å². The van der Waals surface area contributed by atoms with E-state index in [-0.39, 0.29) is 0 Å². The van der Waals surface area contributed by atoms with Gasteiger partial charge in [0.15, 0.2) is 18.3 Å². The molecule has 2 aromatic carbocycles. The predicted molar refractivity (Wildman–Crippen MR) is 150 cm³/mol. The highest BCUT2D eigenvalue weighted by atomic mass is 35.5. The van der Waals surface area contributed by atoms with Crippen LogP contribution in [0.4, 0.5) is 0 Å². The molecule has 0 unspecified atom stereocenters. The quantitative estimate of drug-likeness (QED) is 0.231. The molecule has 1 aliphatic rings. The van der Waals surface area contributed by atoms with E-state index >= 15 is 0 Å². The summed E-state index contributed by atoms with van der Waals surface area (Å²) in [4.78, 5) is 35.4. The molecule has 5 rings (SSSR count). The lowest BCUT2D eigenvalue weighted by molar-refractivity contribution is -0.122. The Morgan fingerprint density at radius 2 is 1.97 bits per heavy atom. The average Bonchev–Trinajstić information content (AvgIpc) is 3.34. The fraction of sp³-hybridized carbons (Fsp3) is 0.207. The first-order chi connectivity index (χ1) is 18.4. The summed E-state index contributed by atoms with van der Waals surface area (Å²) < 4.78 is 5.52. The third-order valence-electron chi connectivity index (χ3n) is 6.34. The maximum Gasteiger partial charge on any atom is 0.339 e. The van der Waals surface area contributed by atoms with E-state index in [4.69, 9.17) is 32.9 Å². The molecular formula is C29H21Cl2N3O3S. The number of ether oxygens (including phenoxy) is 1. The second-order valence-electron chi connectivity index (χ2n) is 8.96. The number of pyridine rings is 1. The number of nitrogens with zero attached hydrogens (tertiary/aromatic N) is 3. The van der Waals surface area contributed by atoms with Gasteiger partial charge in [-0.2, -0.15) is 5.26 Å². The summed E-state index contributed by atoms with van der Waals surface area (Å²) in [7, 11) is 0. The first-order valence-corrected chi connectivity index (χ1v) is 13.6. The maximum atomic E-state index is 13.5. The van der Waals surface area contributed by atoms with Gasteiger partial charge in [0.05, 0.1) is 32.9 Å². The molecule has 0 radical (unpaired) electrons. The number of Topliss-reactive ketones (excluding diaryl/α,β-unsaturated/α-hetero) is 1. The minimum absolute atomic E-state index is 0.398. The summed E-state index contributed by atoms with van der Waals surface area (Å²) in [5.74, 6) is -2.20. The molecule has 0 saturated heterocycles. The molecule has 0 bridgehead atoms. The van der Waals surface area contributed by atoms with Gasteiger partial charge in [0.2, 0.25) is 0 Å².